The molecule has 1 aromatic carbocycles. The number of hydrogen-bond acceptors (Lipinski definition) is 5. The van der Waals surface area contributed by atoms with Crippen molar-refractivity contribution in [3.63, 3.8) is 0 Å². The van der Waals surface area contributed by atoms with Gasteiger partial charge in [-0.05, 0) is 17.7 Å². The number of aromatic nitrogens is 2. The van der Waals surface area contributed by atoms with E-state index in [-0.39, 0.29) is 30.3 Å². The number of halogens is 3. The SMILES string of the molecule is COc1ccc(C2=NNC(=O)CC2COCc2ccccc2)c2cc(C(F)(F)F)nn12. The van der Waals surface area contributed by atoms with Crippen LogP contribution in [0.3, 0.4) is 0 Å². The lowest BCUT2D eigenvalue weighted by Crippen LogP contribution is -2.36. The molecule has 3 heterocycles. The van der Waals surface area contributed by atoms with Crippen molar-refractivity contribution in [3.05, 3.63) is 65.4 Å². The number of carbonyl (C=O) groups excluding carboxylic acids is 1. The number of rotatable bonds is 6. The first-order valence-corrected chi connectivity index (χ1v) is 9.49. The van der Waals surface area contributed by atoms with Gasteiger partial charge in [0, 0.05) is 24.0 Å². The molecule has 0 fully saturated rings. The average molecular weight is 432 g/mol. The number of fused-ring (bicyclic) bond motifs is 1. The summed E-state index contributed by atoms with van der Waals surface area (Å²) >= 11 is 0. The fraction of sp³-hybridized carbons (Fsp3) is 0.286. The monoisotopic (exact) mass is 432 g/mol. The van der Waals surface area contributed by atoms with Gasteiger partial charge in [-0.2, -0.15) is 27.9 Å². The molecule has 1 aliphatic rings. The fourth-order valence-electron chi connectivity index (χ4n) is 3.45. The number of pyridine rings is 1. The molecule has 0 aliphatic carbocycles. The van der Waals surface area contributed by atoms with Gasteiger partial charge in [-0.25, -0.2) is 5.43 Å². The highest BCUT2D eigenvalue weighted by Crippen LogP contribution is 2.32. The zero-order valence-corrected chi connectivity index (χ0v) is 16.5. The number of nitrogens with one attached hydrogen (secondary N) is 1. The number of hydrazone groups is 1. The van der Waals surface area contributed by atoms with Crippen molar-refractivity contribution >= 4 is 17.1 Å². The first-order valence-electron chi connectivity index (χ1n) is 9.49. The summed E-state index contributed by atoms with van der Waals surface area (Å²) < 4.78 is 51.8. The molecule has 0 radical (unpaired) electrons. The lowest BCUT2D eigenvalue weighted by atomic mass is 9.92. The van der Waals surface area contributed by atoms with Crippen LogP contribution in [0, 0.1) is 5.92 Å². The minimum Gasteiger partial charge on any atom is -0.481 e. The van der Waals surface area contributed by atoms with E-state index in [0.29, 0.717) is 17.9 Å². The van der Waals surface area contributed by atoms with Gasteiger partial charge in [0.25, 0.3) is 0 Å². The molecular weight excluding hydrogens is 413 g/mol. The van der Waals surface area contributed by atoms with Gasteiger partial charge < -0.3 is 9.47 Å². The maximum Gasteiger partial charge on any atom is 0.435 e. The predicted octanol–water partition coefficient (Wildman–Crippen LogP) is 3.42. The van der Waals surface area contributed by atoms with Crippen LogP contribution in [-0.4, -0.2) is 34.9 Å². The highest BCUT2D eigenvalue weighted by molar-refractivity contribution is 6.10. The first kappa shape index (κ1) is 20.9. The molecule has 0 spiro atoms. The van der Waals surface area contributed by atoms with Gasteiger partial charge >= 0.3 is 6.18 Å². The third-order valence-electron chi connectivity index (χ3n) is 4.91. The summed E-state index contributed by atoms with van der Waals surface area (Å²) in [7, 11) is 1.35. The average Bonchev–Trinajstić information content (AvgIpc) is 3.21. The maximum atomic E-state index is 13.3. The second-order valence-electron chi connectivity index (χ2n) is 7.05. The number of carbonyl (C=O) groups is 1. The summed E-state index contributed by atoms with van der Waals surface area (Å²) in [6, 6.07) is 13.6. The Kier molecular flexibility index (Phi) is 5.64. The van der Waals surface area contributed by atoms with Crippen LogP contribution in [0.15, 0.2) is 53.6 Å². The quantitative estimate of drug-likeness (QED) is 0.648. The van der Waals surface area contributed by atoms with Crippen LogP contribution in [0.25, 0.3) is 5.52 Å². The van der Waals surface area contributed by atoms with Gasteiger partial charge in [-0.1, -0.05) is 30.3 Å². The lowest BCUT2D eigenvalue weighted by Gasteiger charge is -2.23. The van der Waals surface area contributed by atoms with Crippen LogP contribution < -0.4 is 10.2 Å². The number of ether oxygens (including phenoxy) is 2. The third kappa shape index (κ3) is 4.38. The number of methoxy groups -OCH3 is 1. The predicted molar refractivity (Wildman–Crippen MR) is 106 cm³/mol. The third-order valence-corrected chi connectivity index (χ3v) is 4.91. The van der Waals surface area contributed by atoms with E-state index in [1.807, 2.05) is 30.3 Å². The van der Waals surface area contributed by atoms with E-state index < -0.39 is 17.8 Å². The fourth-order valence-corrected chi connectivity index (χ4v) is 3.45. The van der Waals surface area contributed by atoms with E-state index in [4.69, 9.17) is 9.47 Å². The lowest BCUT2D eigenvalue weighted by molar-refractivity contribution is -0.141. The number of hydrogen-bond donors (Lipinski definition) is 1. The molecule has 0 saturated heterocycles. The molecule has 3 aromatic rings. The van der Waals surface area contributed by atoms with Crippen molar-refractivity contribution in [2.75, 3.05) is 13.7 Å². The molecule has 7 nitrogen and oxygen atoms in total. The minimum absolute atomic E-state index is 0.103. The number of amides is 1. The summed E-state index contributed by atoms with van der Waals surface area (Å²) in [5, 5.41) is 7.78. The first-order chi connectivity index (χ1) is 14.9. The van der Waals surface area contributed by atoms with Crippen molar-refractivity contribution in [1.82, 2.24) is 15.0 Å². The van der Waals surface area contributed by atoms with E-state index in [2.05, 4.69) is 15.6 Å². The topological polar surface area (TPSA) is 77.2 Å². The summed E-state index contributed by atoms with van der Waals surface area (Å²) in [5.41, 5.74) is 3.35. The zero-order valence-electron chi connectivity index (χ0n) is 16.5. The summed E-state index contributed by atoms with van der Waals surface area (Å²) in [4.78, 5) is 11.9. The second-order valence-corrected chi connectivity index (χ2v) is 7.05. The van der Waals surface area contributed by atoms with Gasteiger partial charge in [-0.15, -0.1) is 0 Å². The number of benzene rings is 1. The van der Waals surface area contributed by atoms with Crippen molar-refractivity contribution in [3.8, 4) is 5.88 Å². The van der Waals surface area contributed by atoms with Gasteiger partial charge in [0.1, 0.15) is 0 Å². The van der Waals surface area contributed by atoms with Gasteiger partial charge in [0.05, 0.1) is 31.6 Å². The largest absolute Gasteiger partial charge is 0.481 e. The Bertz CT molecular complexity index is 1130. The van der Waals surface area contributed by atoms with Crippen LogP contribution in [0.4, 0.5) is 13.2 Å². The van der Waals surface area contributed by atoms with E-state index in [0.717, 1.165) is 16.1 Å². The summed E-state index contributed by atoms with van der Waals surface area (Å²) in [6.45, 7) is 0.523. The molecule has 0 saturated carbocycles. The van der Waals surface area contributed by atoms with E-state index in [9.17, 15) is 18.0 Å². The zero-order chi connectivity index (χ0) is 22.0. The highest BCUT2D eigenvalue weighted by Gasteiger charge is 2.36. The van der Waals surface area contributed by atoms with Crippen LogP contribution in [0.2, 0.25) is 0 Å². The Morgan fingerprint density at radius 3 is 2.68 bits per heavy atom. The van der Waals surface area contributed by atoms with Gasteiger partial charge in [0.15, 0.2) is 5.69 Å². The molecule has 1 amide bonds. The Morgan fingerprint density at radius 2 is 1.97 bits per heavy atom. The van der Waals surface area contributed by atoms with Crippen molar-refractivity contribution in [1.29, 1.82) is 0 Å². The summed E-state index contributed by atoms with van der Waals surface area (Å²) in [6.07, 6.45) is -4.51. The van der Waals surface area contributed by atoms with Gasteiger partial charge in [0.2, 0.25) is 11.8 Å². The number of nitrogens with zero attached hydrogens (tertiary/aromatic N) is 3. The second kappa shape index (κ2) is 8.38. The van der Waals surface area contributed by atoms with Crippen molar-refractivity contribution < 1.29 is 27.4 Å². The highest BCUT2D eigenvalue weighted by atomic mass is 19.4. The molecule has 1 unspecified atom stereocenters. The molecule has 1 N–H and O–H groups in total. The molecule has 162 valence electrons. The molecule has 31 heavy (non-hydrogen) atoms. The Balaban J connectivity index is 1.67. The van der Waals surface area contributed by atoms with Crippen LogP contribution in [0.1, 0.15) is 23.2 Å². The molecule has 4 rings (SSSR count). The molecule has 10 heteroatoms. The van der Waals surface area contributed by atoms with E-state index in [1.54, 1.807) is 6.07 Å². The molecule has 1 aliphatic heterocycles. The van der Waals surface area contributed by atoms with Gasteiger partial charge in [-0.3, -0.25) is 4.79 Å². The van der Waals surface area contributed by atoms with Crippen molar-refractivity contribution in [2.45, 2.75) is 19.2 Å². The Hall–Kier alpha value is -3.40. The van der Waals surface area contributed by atoms with Crippen LogP contribution >= 0.6 is 0 Å². The standard InChI is InChI=1S/C21H19F3N4O3/c1-30-19-8-7-15(16-10-17(21(22,23)24)27-28(16)19)20-14(9-18(29)25-26-20)12-31-11-13-5-3-2-4-6-13/h2-8,10,14H,9,11-12H2,1H3,(H,25,29). The normalized spacial score (nSPS) is 16.8. The Morgan fingerprint density at radius 1 is 1.19 bits per heavy atom. The Labute approximate surface area is 175 Å². The van der Waals surface area contributed by atoms with E-state index >= 15 is 0 Å². The molecular formula is C21H19F3N4O3. The van der Waals surface area contributed by atoms with E-state index in [1.165, 1.54) is 13.2 Å². The maximum absolute atomic E-state index is 13.3. The minimum atomic E-state index is -4.62. The molecule has 1 atom stereocenters. The number of alkyl halides is 3. The molecule has 0 bridgehead atoms. The van der Waals surface area contributed by atoms with Crippen LogP contribution in [-0.2, 0) is 22.3 Å². The van der Waals surface area contributed by atoms with Crippen LogP contribution in [0.5, 0.6) is 5.88 Å². The van der Waals surface area contributed by atoms with Crippen molar-refractivity contribution in [2.24, 2.45) is 11.0 Å². The smallest absolute Gasteiger partial charge is 0.435 e. The molecule has 2 aromatic heterocycles. The summed E-state index contributed by atoms with van der Waals surface area (Å²) in [5.74, 6) is -0.573.